The van der Waals surface area contributed by atoms with Crippen LogP contribution in [-0.4, -0.2) is 19.1 Å². The van der Waals surface area contributed by atoms with Crippen molar-refractivity contribution in [3.8, 4) is 5.75 Å². The van der Waals surface area contributed by atoms with Gasteiger partial charge in [0.05, 0.1) is 13.0 Å². The van der Waals surface area contributed by atoms with E-state index in [1.54, 1.807) is 23.1 Å². The van der Waals surface area contributed by atoms with E-state index in [9.17, 15) is 13.6 Å². The Balaban J connectivity index is 1.62. The first kappa shape index (κ1) is 15.5. The summed E-state index contributed by atoms with van der Waals surface area (Å²) in [6.45, 7) is 0.712. The third kappa shape index (κ3) is 3.50. The summed E-state index contributed by atoms with van der Waals surface area (Å²) < 4.78 is 32.1. The Labute approximate surface area is 133 Å². The van der Waals surface area contributed by atoms with Crippen LogP contribution in [0.15, 0.2) is 42.5 Å². The molecule has 0 fully saturated rings. The minimum atomic E-state index is -0.446. The minimum Gasteiger partial charge on any atom is -0.490 e. The van der Waals surface area contributed by atoms with Crippen LogP contribution >= 0.6 is 0 Å². The SMILES string of the molecule is O=C(CCOc1ccccc1F)N1CCCc2cc(F)ccc21. The molecule has 3 rings (SSSR count). The summed E-state index contributed by atoms with van der Waals surface area (Å²) in [6, 6.07) is 10.6. The van der Waals surface area contributed by atoms with Gasteiger partial charge in [-0.25, -0.2) is 8.78 Å². The highest BCUT2D eigenvalue weighted by Crippen LogP contribution is 2.28. The van der Waals surface area contributed by atoms with Crippen LogP contribution in [-0.2, 0) is 11.2 Å². The third-order valence-corrected chi connectivity index (χ3v) is 3.87. The van der Waals surface area contributed by atoms with Gasteiger partial charge in [0.25, 0.3) is 0 Å². The zero-order chi connectivity index (χ0) is 16.2. The number of halogens is 2. The van der Waals surface area contributed by atoms with Gasteiger partial charge in [0.1, 0.15) is 5.82 Å². The number of amides is 1. The summed E-state index contributed by atoms with van der Waals surface area (Å²) in [5, 5.41) is 0. The topological polar surface area (TPSA) is 29.5 Å². The number of rotatable bonds is 4. The fourth-order valence-electron chi connectivity index (χ4n) is 2.77. The summed E-state index contributed by atoms with van der Waals surface area (Å²) in [7, 11) is 0. The summed E-state index contributed by atoms with van der Waals surface area (Å²) in [5.74, 6) is -0.699. The van der Waals surface area contributed by atoms with E-state index in [-0.39, 0.29) is 30.5 Å². The maximum Gasteiger partial charge on any atom is 0.230 e. The number of carbonyl (C=O) groups is 1. The molecule has 0 bridgehead atoms. The molecule has 1 amide bonds. The van der Waals surface area contributed by atoms with E-state index < -0.39 is 5.82 Å². The van der Waals surface area contributed by atoms with Gasteiger partial charge in [-0.05, 0) is 48.7 Å². The highest BCUT2D eigenvalue weighted by atomic mass is 19.1. The molecule has 0 unspecified atom stereocenters. The van der Waals surface area contributed by atoms with E-state index in [2.05, 4.69) is 0 Å². The number of hydrogen-bond acceptors (Lipinski definition) is 2. The maximum absolute atomic E-state index is 13.4. The van der Waals surface area contributed by atoms with Crippen LogP contribution in [0.2, 0.25) is 0 Å². The predicted molar refractivity (Wildman–Crippen MR) is 83.6 cm³/mol. The van der Waals surface area contributed by atoms with Crippen LogP contribution in [0.25, 0.3) is 0 Å². The van der Waals surface area contributed by atoms with E-state index in [4.69, 9.17) is 4.74 Å². The van der Waals surface area contributed by atoms with Crippen molar-refractivity contribution in [2.24, 2.45) is 0 Å². The van der Waals surface area contributed by atoms with Gasteiger partial charge in [-0.3, -0.25) is 4.79 Å². The van der Waals surface area contributed by atoms with E-state index in [1.807, 2.05) is 0 Å². The minimum absolute atomic E-state index is 0.103. The molecule has 0 atom stereocenters. The Kier molecular flexibility index (Phi) is 4.55. The molecule has 2 aromatic carbocycles. The van der Waals surface area contributed by atoms with Gasteiger partial charge in [-0.1, -0.05) is 12.1 Å². The molecule has 0 radical (unpaired) electrons. The van der Waals surface area contributed by atoms with E-state index >= 15 is 0 Å². The second-order valence-electron chi connectivity index (χ2n) is 5.45. The molecule has 120 valence electrons. The molecule has 0 N–H and O–H groups in total. The Bertz CT molecular complexity index is 718. The first-order valence-electron chi connectivity index (χ1n) is 7.61. The summed E-state index contributed by atoms with van der Waals surface area (Å²) in [5.41, 5.74) is 1.60. The van der Waals surface area contributed by atoms with E-state index in [0.29, 0.717) is 6.54 Å². The van der Waals surface area contributed by atoms with Gasteiger partial charge in [0.2, 0.25) is 5.91 Å². The van der Waals surface area contributed by atoms with Gasteiger partial charge >= 0.3 is 0 Å². The first-order chi connectivity index (χ1) is 11.1. The van der Waals surface area contributed by atoms with Crippen LogP contribution in [0.3, 0.4) is 0 Å². The van der Waals surface area contributed by atoms with Crippen molar-refractivity contribution < 1.29 is 18.3 Å². The fraction of sp³-hybridized carbons (Fsp3) is 0.278. The lowest BCUT2D eigenvalue weighted by molar-refractivity contribution is -0.119. The van der Waals surface area contributed by atoms with Crippen molar-refractivity contribution in [3.63, 3.8) is 0 Å². The van der Waals surface area contributed by atoms with E-state index in [1.165, 1.54) is 24.3 Å². The third-order valence-electron chi connectivity index (χ3n) is 3.87. The second-order valence-corrected chi connectivity index (χ2v) is 5.45. The van der Waals surface area contributed by atoms with Crippen molar-refractivity contribution in [2.45, 2.75) is 19.3 Å². The fourth-order valence-corrected chi connectivity index (χ4v) is 2.77. The van der Waals surface area contributed by atoms with Gasteiger partial charge in [0, 0.05) is 12.2 Å². The molecule has 3 nitrogen and oxygen atoms in total. The lowest BCUT2D eigenvalue weighted by Crippen LogP contribution is -2.36. The monoisotopic (exact) mass is 317 g/mol. The Hall–Kier alpha value is -2.43. The molecule has 2 aromatic rings. The lowest BCUT2D eigenvalue weighted by Gasteiger charge is -2.29. The number of aryl methyl sites for hydroxylation is 1. The highest BCUT2D eigenvalue weighted by molar-refractivity contribution is 5.94. The van der Waals surface area contributed by atoms with Crippen LogP contribution in [0, 0.1) is 11.6 Å². The van der Waals surface area contributed by atoms with Crippen molar-refractivity contribution in [2.75, 3.05) is 18.1 Å². The molecule has 0 aliphatic carbocycles. The zero-order valence-corrected chi connectivity index (χ0v) is 12.6. The maximum atomic E-state index is 13.4. The zero-order valence-electron chi connectivity index (χ0n) is 12.6. The number of fused-ring (bicyclic) bond motifs is 1. The quantitative estimate of drug-likeness (QED) is 0.860. The van der Waals surface area contributed by atoms with Crippen LogP contribution in [0.4, 0.5) is 14.5 Å². The normalized spacial score (nSPS) is 13.6. The predicted octanol–water partition coefficient (Wildman–Crippen LogP) is 3.71. The van der Waals surface area contributed by atoms with Gasteiger partial charge < -0.3 is 9.64 Å². The van der Waals surface area contributed by atoms with E-state index in [0.717, 1.165) is 24.1 Å². The Morgan fingerprint density at radius 1 is 1.17 bits per heavy atom. The molecule has 1 heterocycles. The average molecular weight is 317 g/mol. The highest BCUT2D eigenvalue weighted by Gasteiger charge is 2.22. The van der Waals surface area contributed by atoms with Gasteiger partial charge in [-0.15, -0.1) is 0 Å². The number of hydrogen-bond donors (Lipinski definition) is 0. The van der Waals surface area contributed by atoms with Crippen molar-refractivity contribution in [1.29, 1.82) is 0 Å². The Morgan fingerprint density at radius 2 is 2.00 bits per heavy atom. The average Bonchev–Trinajstić information content (AvgIpc) is 2.55. The summed E-state index contributed by atoms with van der Waals surface area (Å²) in [4.78, 5) is 14.0. The largest absolute Gasteiger partial charge is 0.490 e. The number of carbonyl (C=O) groups excluding carboxylic acids is 1. The van der Waals surface area contributed by atoms with Gasteiger partial charge in [0.15, 0.2) is 11.6 Å². The molecule has 1 aliphatic rings. The summed E-state index contributed by atoms with van der Waals surface area (Å²) >= 11 is 0. The van der Waals surface area contributed by atoms with Gasteiger partial charge in [-0.2, -0.15) is 0 Å². The molecular weight excluding hydrogens is 300 g/mol. The molecule has 23 heavy (non-hydrogen) atoms. The summed E-state index contributed by atoms with van der Waals surface area (Å²) in [6.07, 6.45) is 1.71. The Morgan fingerprint density at radius 3 is 2.83 bits per heavy atom. The number of ether oxygens (including phenoxy) is 1. The van der Waals surface area contributed by atoms with Crippen molar-refractivity contribution >= 4 is 11.6 Å². The number of benzene rings is 2. The first-order valence-corrected chi connectivity index (χ1v) is 7.61. The number of nitrogens with zero attached hydrogens (tertiary/aromatic N) is 1. The smallest absolute Gasteiger partial charge is 0.230 e. The van der Waals surface area contributed by atoms with Crippen LogP contribution in [0.5, 0.6) is 5.75 Å². The molecule has 5 heteroatoms. The molecule has 1 aliphatic heterocycles. The molecule has 0 aromatic heterocycles. The molecular formula is C18H17F2NO2. The number of anilines is 1. The number of para-hydroxylation sites is 1. The van der Waals surface area contributed by atoms with Crippen LogP contribution in [0.1, 0.15) is 18.4 Å². The standard InChI is InChI=1S/C18H17F2NO2/c19-14-7-8-16-13(12-14)4-3-10-21(16)18(22)9-11-23-17-6-2-1-5-15(17)20/h1-2,5-8,12H,3-4,9-11H2. The lowest BCUT2D eigenvalue weighted by atomic mass is 10.0. The molecule has 0 spiro atoms. The van der Waals surface area contributed by atoms with Crippen molar-refractivity contribution in [1.82, 2.24) is 0 Å². The molecule has 0 saturated carbocycles. The second kappa shape index (κ2) is 6.77. The molecule has 0 saturated heterocycles. The van der Waals surface area contributed by atoms with Crippen LogP contribution < -0.4 is 9.64 Å². The van der Waals surface area contributed by atoms with Crippen molar-refractivity contribution in [3.05, 3.63) is 59.7 Å².